The summed E-state index contributed by atoms with van der Waals surface area (Å²) in [6.07, 6.45) is 1.78. The van der Waals surface area contributed by atoms with Crippen LogP contribution in [0.2, 0.25) is 0 Å². The van der Waals surface area contributed by atoms with Crippen molar-refractivity contribution in [2.45, 2.75) is 38.6 Å². The van der Waals surface area contributed by atoms with Gasteiger partial charge in [0.2, 0.25) is 0 Å². The fourth-order valence-electron chi connectivity index (χ4n) is 3.05. The Balaban J connectivity index is 1.69. The smallest absolute Gasteiger partial charge is 0.337 e. The average Bonchev–Trinajstić information content (AvgIpc) is 3.30. The SMILES string of the molecule is COC(=O)c1ccc(NC(=O)N2CCCC2c2cc(C(C)C)on2)cc1. The predicted octanol–water partition coefficient (Wildman–Crippen LogP) is 3.95. The minimum Gasteiger partial charge on any atom is -0.465 e. The van der Waals surface area contributed by atoms with Crippen molar-refractivity contribution in [3.05, 3.63) is 47.3 Å². The van der Waals surface area contributed by atoms with E-state index in [4.69, 9.17) is 4.52 Å². The predicted molar refractivity (Wildman–Crippen MR) is 96.1 cm³/mol. The van der Waals surface area contributed by atoms with Gasteiger partial charge in [0.25, 0.3) is 0 Å². The van der Waals surface area contributed by atoms with E-state index in [9.17, 15) is 9.59 Å². The van der Waals surface area contributed by atoms with Crippen LogP contribution >= 0.6 is 0 Å². The maximum atomic E-state index is 12.7. The van der Waals surface area contributed by atoms with Gasteiger partial charge in [-0.25, -0.2) is 9.59 Å². The summed E-state index contributed by atoms with van der Waals surface area (Å²) >= 11 is 0. The van der Waals surface area contributed by atoms with Gasteiger partial charge in [-0.1, -0.05) is 19.0 Å². The number of carbonyl (C=O) groups is 2. The third kappa shape index (κ3) is 3.71. The Morgan fingerprint density at radius 1 is 1.31 bits per heavy atom. The van der Waals surface area contributed by atoms with E-state index in [2.05, 4.69) is 15.2 Å². The molecule has 1 aromatic carbocycles. The molecule has 3 rings (SSSR count). The fraction of sp³-hybridized carbons (Fsp3) is 0.421. The third-order valence-corrected chi connectivity index (χ3v) is 4.53. The van der Waals surface area contributed by atoms with Crippen molar-refractivity contribution in [1.82, 2.24) is 10.1 Å². The third-order valence-electron chi connectivity index (χ3n) is 4.53. The Morgan fingerprint density at radius 3 is 2.65 bits per heavy atom. The molecule has 2 aromatic rings. The number of nitrogens with zero attached hydrogens (tertiary/aromatic N) is 2. The van der Waals surface area contributed by atoms with Gasteiger partial charge in [0, 0.05) is 24.2 Å². The molecule has 1 N–H and O–H groups in total. The summed E-state index contributed by atoms with van der Waals surface area (Å²) in [4.78, 5) is 25.9. The van der Waals surface area contributed by atoms with Crippen molar-refractivity contribution in [2.75, 3.05) is 19.0 Å². The molecule has 7 heteroatoms. The second-order valence-corrected chi connectivity index (χ2v) is 6.66. The summed E-state index contributed by atoms with van der Waals surface area (Å²) in [7, 11) is 1.33. The molecule has 1 fully saturated rings. The molecule has 2 amide bonds. The van der Waals surface area contributed by atoms with Crippen molar-refractivity contribution < 1.29 is 18.8 Å². The highest BCUT2D eigenvalue weighted by atomic mass is 16.5. The van der Waals surface area contributed by atoms with Gasteiger partial charge in [-0.3, -0.25) is 0 Å². The molecule has 1 aliphatic rings. The molecule has 1 aromatic heterocycles. The second-order valence-electron chi connectivity index (χ2n) is 6.66. The molecule has 1 aliphatic heterocycles. The van der Waals surface area contributed by atoms with Crippen LogP contribution in [0.15, 0.2) is 34.9 Å². The first-order valence-corrected chi connectivity index (χ1v) is 8.72. The van der Waals surface area contributed by atoms with E-state index in [-0.39, 0.29) is 18.0 Å². The highest BCUT2D eigenvalue weighted by molar-refractivity contribution is 5.92. The number of ether oxygens (including phenoxy) is 1. The number of carbonyl (C=O) groups excluding carboxylic acids is 2. The van der Waals surface area contributed by atoms with E-state index in [1.54, 1.807) is 29.2 Å². The van der Waals surface area contributed by atoms with Crippen LogP contribution in [0.4, 0.5) is 10.5 Å². The van der Waals surface area contributed by atoms with E-state index in [0.29, 0.717) is 17.8 Å². The number of urea groups is 1. The first kappa shape index (κ1) is 18.0. The van der Waals surface area contributed by atoms with Crippen LogP contribution in [-0.4, -0.2) is 35.7 Å². The number of aromatic nitrogens is 1. The summed E-state index contributed by atoms with van der Waals surface area (Å²) in [5.41, 5.74) is 1.85. The molecule has 1 unspecified atom stereocenters. The standard InChI is InChI=1S/C19H23N3O4/c1-12(2)17-11-15(21-26-17)16-5-4-10-22(16)19(24)20-14-8-6-13(7-9-14)18(23)25-3/h6-9,11-12,16H,4-5,10H2,1-3H3,(H,20,24). The Labute approximate surface area is 152 Å². The van der Waals surface area contributed by atoms with Gasteiger partial charge < -0.3 is 19.5 Å². The molecule has 1 saturated heterocycles. The number of rotatable bonds is 4. The molecular formula is C19H23N3O4. The van der Waals surface area contributed by atoms with Gasteiger partial charge in [0.15, 0.2) is 0 Å². The van der Waals surface area contributed by atoms with Gasteiger partial charge in [-0.05, 0) is 37.1 Å². The number of hydrogen-bond acceptors (Lipinski definition) is 5. The summed E-state index contributed by atoms with van der Waals surface area (Å²) < 4.78 is 10.0. The lowest BCUT2D eigenvalue weighted by molar-refractivity contribution is 0.0600. The van der Waals surface area contributed by atoms with Gasteiger partial charge in [-0.15, -0.1) is 0 Å². The Hall–Kier alpha value is -2.83. The first-order chi connectivity index (χ1) is 12.5. The van der Waals surface area contributed by atoms with E-state index in [0.717, 1.165) is 24.3 Å². The van der Waals surface area contributed by atoms with Crippen LogP contribution in [0.3, 0.4) is 0 Å². The number of amides is 2. The topological polar surface area (TPSA) is 84.7 Å². The molecule has 0 bridgehead atoms. The van der Waals surface area contributed by atoms with Gasteiger partial charge in [0.05, 0.1) is 18.7 Å². The summed E-state index contributed by atoms with van der Waals surface area (Å²) in [5.74, 6) is 0.674. The lowest BCUT2D eigenvalue weighted by atomic mass is 10.1. The number of benzene rings is 1. The van der Waals surface area contributed by atoms with Crippen LogP contribution in [0.25, 0.3) is 0 Å². The molecule has 26 heavy (non-hydrogen) atoms. The number of methoxy groups -OCH3 is 1. The Kier molecular flexibility index (Phi) is 5.25. The number of likely N-dealkylation sites (tertiary alicyclic amines) is 1. The molecule has 1 atom stereocenters. The largest absolute Gasteiger partial charge is 0.465 e. The van der Waals surface area contributed by atoms with Crippen molar-refractivity contribution in [2.24, 2.45) is 0 Å². The van der Waals surface area contributed by atoms with Crippen molar-refractivity contribution in [3.8, 4) is 0 Å². The summed E-state index contributed by atoms with van der Waals surface area (Å²) in [6.45, 7) is 4.75. The second kappa shape index (κ2) is 7.59. The maximum absolute atomic E-state index is 12.7. The van der Waals surface area contributed by atoms with Crippen LogP contribution in [0.5, 0.6) is 0 Å². The minimum atomic E-state index is -0.408. The van der Waals surface area contributed by atoms with E-state index in [1.807, 2.05) is 19.9 Å². The Morgan fingerprint density at radius 2 is 2.04 bits per heavy atom. The zero-order chi connectivity index (χ0) is 18.7. The minimum absolute atomic E-state index is 0.0828. The molecule has 0 aliphatic carbocycles. The molecule has 138 valence electrons. The van der Waals surface area contributed by atoms with Crippen molar-refractivity contribution in [1.29, 1.82) is 0 Å². The number of nitrogens with one attached hydrogen (secondary N) is 1. The zero-order valence-corrected chi connectivity index (χ0v) is 15.2. The molecular weight excluding hydrogens is 334 g/mol. The zero-order valence-electron chi connectivity index (χ0n) is 15.2. The molecule has 0 saturated carbocycles. The quantitative estimate of drug-likeness (QED) is 0.838. The van der Waals surface area contributed by atoms with Gasteiger partial charge >= 0.3 is 12.0 Å². The van der Waals surface area contributed by atoms with Gasteiger partial charge in [-0.2, -0.15) is 0 Å². The number of anilines is 1. The lowest BCUT2D eigenvalue weighted by Crippen LogP contribution is -2.34. The Bertz CT molecular complexity index is 782. The molecule has 0 spiro atoms. The normalized spacial score (nSPS) is 16.8. The number of esters is 1. The first-order valence-electron chi connectivity index (χ1n) is 8.72. The van der Waals surface area contributed by atoms with E-state index >= 15 is 0 Å². The fourth-order valence-corrected chi connectivity index (χ4v) is 3.05. The van der Waals surface area contributed by atoms with Crippen LogP contribution < -0.4 is 5.32 Å². The van der Waals surface area contributed by atoms with Crippen molar-refractivity contribution in [3.63, 3.8) is 0 Å². The monoisotopic (exact) mass is 357 g/mol. The molecule has 0 radical (unpaired) electrons. The average molecular weight is 357 g/mol. The van der Waals surface area contributed by atoms with Crippen molar-refractivity contribution >= 4 is 17.7 Å². The summed E-state index contributed by atoms with van der Waals surface area (Å²) in [6, 6.07) is 8.27. The molecule has 2 heterocycles. The molecule has 7 nitrogen and oxygen atoms in total. The van der Waals surface area contributed by atoms with Gasteiger partial charge in [0.1, 0.15) is 11.5 Å². The van der Waals surface area contributed by atoms with E-state index in [1.165, 1.54) is 7.11 Å². The van der Waals surface area contributed by atoms with Crippen LogP contribution in [0, 0.1) is 0 Å². The maximum Gasteiger partial charge on any atom is 0.337 e. The number of hydrogen-bond donors (Lipinski definition) is 1. The highest BCUT2D eigenvalue weighted by Gasteiger charge is 2.32. The van der Waals surface area contributed by atoms with Crippen LogP contribution in [-0.2, 0) is 4.74 Å². The summed E-state index contributed by atoms with van der Waals surface area (Å²) in [5, 5.41) is 7.03. The van der Waals surface area contributed by atoms with Crippen LogP contribution in [0.1, 0.15) is 60.5 Å². The highest BCUT2D eigenvalue weighted by Crippen LogP contribution is 2.33. The lowest BCUT2D eigenvalue weighted by Gasteiger charge is -2.23. The van der Waals surface area contributed by atoms with E-state index < -0.39 is 5.97 Å².